The van der Waals surface area contributed by atoms with Gasteiger partial charge in [0.1, 0.15) is 11.3 Å². The maximum absolute atomic E-state index is 14.3. The lowest BCUT2D eigenvalue weighted by Crippen LogP contribution is -2.00. The monoisotopic (exact) mass is 451 g/mol. The number of para-hydroxylation sites is 1. The molecule has 0 radical (unpaired) electrons. The average Bonchev–Trinajstić information content (AvgIpc) is 2.68. The normalized spacial score (nSPS) is 12.3. The quantitative estimate of drug-likeness (QED) is 0.343. The van der Waals surface area contributed by atoms with Crippen LogP contribution in [0.4, 0.5) is 13.2 Å². The van der Waals surface area contributed by atoms with Gasteiger partial charge in [0, 0.05) is 32.1 Å². The van der Waals surface area contributed by atoms with Crippen molar-refractivity contribution < 1.29 is 17.4 Å². The molecule has 0 saturated carbocycles. The van der Waals surface area contributed by atoms with Gasteiger partial charge >= 0.3 is 0 Å². The van der Waals surface area contributed by atoms with Crippen LogP contribution in [-0.4, -0.2) is 9.19 Å². The molecule has 1 heterocycles. The van der Waals surface area contributed by atoms with E-state index in [-0.39, 0.29) is 31.6 Å². The maximum atomic E-state index is 14.3. The Kier molecular flexibility index (Phi) is 5.34. The van der Waals surface area contributed by atoms with Crippen molar-refractivity contribution in [3.8, 4) is 11.1 Å². The summed E-state index contributed by atoms with van der Waals surface area (Å²) < 4.78 is 55.0. The molecule has 4 rings (SSSR count). The number of fused-ring (bicyclic) bond motifs is 1. The van der Waals surface area contributed by atoms with Crippen LogP contribution in [0, 0.1) is 17.5 Å². The summed E-state index contributed by atoms with van der Waals surface area (Å²) in [5, 5.41) is 0.889. The lowest BCUT2D eigenvalue weighted by atomic mass is 10.0. The van der Waals surface area contributed by atoms with Gasteiger partial charge in [0.25, 0.3) is 0 Å². The molecule has 0 saturated heterocycles. The van der Waals surface area contributed by atoms with Crippen molar-refractivity contribution >= 4 is 44.9 Å². The summed E-state index contributed by atoms with van der Waals surface area (Å²) in [6.45, 7) is 0. The summed E-state index contributed by atoms with van der Waals surface area (Å²) in [6.07, 6.45) is 1.26. The Morgan fingerprint density at radius 1 is 0.828 bits per heavy atom. The molecule has 1 aromatic heterocycles. The minimum absolute atomic E-state index is 0.0251. The predicted molar refractivity (Wildman–Crippen MR) is 108 cm³/mol. The Labute approximate surface area is 176 Å². The van der Waals surface area contributed by atoms with E-state index in [1.165, 1.54) is 42.6 Å². The van der Waals surface area contributed by atoms with Crippen LogP contribution in [0.5, 0.6) is 0 Å². The summed E-state index contributed by atoms with van der Waals surface area (Å²) in [4.78, 5) is 4.58. The van der Waals surface area contributed by atoms with E-state index >= 15 is 0 Å². The first-order valence-corrected chi connectivity index (χ1v) is 10.2. The van der Waals surface area contributed by atoms with Crippen molar-refractivity contribution in [2.75, 3.05) is 0 Å². The van der Waals surface area contributed by atoms with E-state index in [4.69, 9.17) is 23.2 Å². The average molecular weight is 452 g/mol. The van der Waals surface area contributed by atoms with Gasteiger partial charge in [-0.2, -0.15) is 0 Å². The zero-order valence-electron chi connectivity index (χ0n) is 14.4. The highest BCUT2D eigenvalue weighted by Crippen LogP contribution is 2.37. The number of pyridine rings is 1. The number of hydrogen-bond donors (Lipinski definition) is 0. The fourth-order valence-electron chi connectivity index (χ4n) is 3.02. The molecule has 29 heavy (non-hydrogen) atoms. The van der Waals surface area contributed by atoms with Gasteiger partial charge in [-0.3, -0.25) is 4.98 Å². The smallest absolute Gasteiger partial charge is 0.159 e. The standard InChI is InChI=1S/C21H10Cl2F3NOS/c22-12-7-13(23)9-14(8-12)29(28)19-10-27-21-15(2-1-3-17(21)25)20(19)11-4-5-16(24)18(26)6-11/h1-10H. The third kappa shape index (κ3) is 3.75. The molecule has 0 amide bonds. The number of rotatable bonds is 3. The van der Waals surface area contributed by atoms with Gasteiger partial charge < -0.3 is 0 Å². The van der Waals surface area contributed by atoms with E-state index in [1.807, 2.05) is 0 Å². The highest BCUT2D eigenvalue weighted by Gasteiger charge is 2.20. The minimum atomic E-state index is -1.82. The molecular weight excluding hydrogens is 442 g/mol. The van der Waals surface area contributed by atoms with E-state index in [9.17, 15) is 17.4 Å². The molecule has 0 bridgehead atoms. The van der Waals surface area contributed by atoms with Crippen LogP contribution < -0.4 is 0 Å². The predicted octanol–water partition coefficient (Wildman–Crippen LogP) is 6.79. The number of hydrogen-bond acceptors (Lipinski definition) is 2. The Balaban J connectivity index is 2.03. The van der Waals surface area contributed by atoms with Gasteiger partial charge in [0.2, 0.25) is 0 Å². The largest absolute Gasteiger partial charge is 0.252 e. The number of nitrogens with zero attached hydrogens (tertiary/aromatic N) is 1. The highest BCUT2D eigenvalue weighted by atomic mass is 35.5. The summed E-state index contributed by atoms with van der Waals surface area (Å²) in [5.74, 6) is -2.69. The van der Waals surface area contributed by atoms with Gasteiger partial charge in [-0.1, -0.05) is 41.4 Å². The molecule has 1 atom stereocenters. The van der Waals surface area contributed by atoms with Crippen LogP contribution in [0.3, 0.4) is 0 Å². The Bertz CT molecular complexity index is 1280. The van der Waals surface area contributed by atoms with Gasteiger partial charge in [-0.05, 0) is 42.0 Å². The van der Waals surface area contributed by atoms with Crippen molar-refractivity contribution in [2.45, 2.75) is 9.79 Å². The summed E-state index contributed by atoms with van der Waals surface area (Å²) in [5.41, 5.74) is 0.540. The Morgan fingerprint density at radius 3 is 2.24 bits per heavy atom. The van der Waals surface area contributed by atoms with Crippen LogP contribution in [0.15, 0.2) is 70.6 Å². The lowest BCUT2D eigenvalue weighted by molar-refractivity contribution is 0.509. The number of benzene rings is 3. The minimum Gasteiger partial charge on any atom is -0.252 e. The van der Waals surface area contributed by atoms with E-state index < -0.39 is 28.3 Å². The van der Waals surface area contributed by atoms with Crippen molar-refractivity contribution in [3.05, 3.63) is 88.3 Å². The second-order valence-electron chi connectivity index (χ2n) is 6.14. The third-order valence-electron chi connectivity index (χ3n) is 4.27. The fraction of sp³-hybridized carbons (Fsp3) is 0. The first-order valence-electron chi connectivity index (χ1n) is 8.25. The third-order valence-corrected chi connectivity index (χ3v) is 6.08. The van der Waals surface area contributed by atoms with E-state index in [0.717, 1.165) is 12.1 Å². The second-order valence-corrected chi connectivity index (χ2v) is 8.46. The summed E-state index contributed by atoms with van der Waals surface area (Å²) in [7, 11) is -1.82. The molecule has 3 aromatic carbocycles. The summed E-state index contributed by atoms with van der Waals surface area (Å²) >= 11 is 12.0. The Morgan fingerprint density at radius 2 is 1.55 bits per heavy atom. The van der Waals surface area contributed by atoms with E-state index in [2.05, 4.69) is 4.98 Å². The zero-order chi connectivity index (χ0) is 20.7. The summed E-state index contributed by atoms with van der Waals surface area (Å²) in [6, 6.07) is 12.0. The topological polar surface area (TPSA) is 30.0 Å². The van der Waals surface area contributed by atoms with E-state index in [0.29, 0.717) is 10.3 Å². The molecule has 0 aliphatic carbocycles. The molecule has 4 aromatic rings. The molecule has 2 nitrogen and oxygen atoms in total. The molecule has 0 fully saturated rings. The molecular formula is C21H10Cl2F3NOS. The number of halogens is 5. The van der Waals surface area contributed by atoms with Gasteiger partial charge in [-0.25, -0.2) is 17.4 Å². The lowest BCUT2D eigenvalue weighted by Gasteiger charge is -2.14. The van der Waals surface area contributed by atoms with Crippen molar-refractivity contribution in [3.63, 3.8) is 0 Å². The maximum Gasteiger partial charge on any atom is 0.159 e. The van der Waals surface area contributed by atoms with Gasteiger partial charge in [-0.15, -0.1) is 0 Å². The molecule has 1 unspecified atom stereocenters. The van der Waals surface area contributed by atoms with Crippen molar-refractivity contribution in [1.82, 2.24) is 4.98 Å². The van der Waals surface area contributed by atoms with Gasteiger partial charge in [0.05, 0.1) is 15.7 Å². The van der Waals surface area contributed by atoms with Crippen molar-refractivity contribution in [2.24, 2.45) is 0 Å². The van der Waals surface area contributed by atoms with Crippen LogP contribution in [0.25, 0.3) is 22.0 Å². The first kappa shape index (κ1) is 19.9. The highest BCUT2D eigenvalue weighted by molar-refractivity contribution is 7.85. The Hall–Kier alpha value is -2.41. The van der Waals surface area contributed by atoms with E-state index in [1.54, 1.807) is 6.07 Å². The van der Waals surface area contributed by atoms with Crippen LogP contribution in [-0.2, 0) is 10.8 Å². The molecule has 8 heteroatoms. The van der Waals surface area contributed by atoms with Crippen LogP contribution in [0.1, 0.15) is 0 Å². The van der Waals surface area contributed by atoms with Gasteiger partial charge in [0.15, 0.2) is 11.6 Å². The zero-order valence-corrected chi connectivity index (χ0v) is 16.8. The first-order chi connectivity index (χ1) is 13.8. The molecule has 146 valence electrons. The van der Waals surface area contributed by atoms with Crippen LogP contribution in [0.2, 0.25) is 10.0 Å². The second kappa shape index (κ2) is 7.78. The SMILES string of the molecule is O=S(c1cc(Cl)cc(Cl)c1)c1cnc2c(F)cccc2c1-c1ccc(F)c(F)c1. The molecule has 0 aliphatic rings. The fourth-order valence-corrected chi connectivity index (χ4v) is 4.96. The molecule has 0 aliphatic heterocycles. The van der Waals surface area contributed by atoms with Crippen LogP contribution >= 0.6 is 23.2 Å². The molecule has 0 N–H and O–H groups in total. The number of aromatic nitrogens is 1. The van der Waals surface area contributed by atoms with Crippen molar-refractivity contribution in [1.29, 1.82) is 0 Å². The molecule has 0 spiro atoms.